The summed E-state index contributed by atoms with van der Waals surface area (Å²) < 4.78 is 0. The van der Waals surface area contributed by atoms with Gasteiger partial charge in [-0.15, -0.1) is 0 Å². The van der Waals surface area contributed by atoms with Gasteiger partial charge in [0.05, 0.1) is 16.7 Å². The summed E-state index contributed by atoms with van der Waals surface area (Å²) in [5, 5.41) is 13.3. The molecule has 0 aromatic heterocycles. The molecule has 0 saturated heterocycles. The molecule has 2 unspecified atom stereocenters. The number of nitro benzene ring substituents is 1. The molecular weight excluding hydrogens is 446 g/mol. The molecule has 1 heterocycles. The van der Waals surface area contributed by atoms with Crippen molar-refractivity contribution in [3.05, 3.63) is 159 Å². The molecule has 4 aromatic carbocycles. The van der Waals surface area contributed by atoms with E-state index in [0.717, 1.165) is 17.7 Å². The number of nitro groups is 1. The highest BCUT2D eigenvalue weighted by molar-refractivity contribution is 5.86. The molecule has 2 aliphatic rings. The van der Waals surface area contributed by atoms with Gasteiger partial charge in [-0.3, -0.25) is 15.1 Å². The van der Waals surface area contributed by atoms with Gasteiger partial charge in [-0.25, -0.2) is 5.43 Å². The molecule has 36 heavy (non-hydrogen) atoms. The van der Waals surface area contributed by atoms with Crippen molar-refractivity contribution < 1.29 is 4.92 Å². The minimum absolute atomic E-state index is 0.0739. The maximum Gasteiger partial charge on any atom is 0.269 e. The van der Waals surface area contributed by atoms with Crippen molar-refractivity contribution in [3.8, 4) is 0 Å². The normalized spacial score (nSPS) is 18.5. The number of benzene rings is 4. The molecule has 0 spiro atoms. The van der Waals surface area contributed by atoms with Crippen molar-refractivity contribution in [1.82, 2.24) is 5.43 Å². The molecule has 1 aliphatic heterocycles. The van der Waals surface area contributed by atoms with Crippen molar-refractivity contribution in [2.24, 2.45) is 0 Å². The largest absolute Gasteiger partial charge is 0.280 e. The first-order valence-corrected chi connectivity index (χ1v) is 12.1. The van der Waals surface area contributed by atoms with Crippen LogP contribution in [0.1, 0.15) is 40.6 Å². The lowest BCUT2D eigenvalue weighted by Crippen LogP contribution is -2.33. The first-order valence-electron chi connectivity index (χ1n) is 12.1. The van der Waals surface area contributed by atoms with E-state index in [0.29, 0.717) is 0 Å². The molecule has 4 aromatic rings. The molecule has 0 radical (unpaired) electrons. The van der Waals surface area contributed by atoms with Crippen molar-refractivity contribution in [2.75, 3.05) is 5.01 Å². The Kier molecular flexibility index (Phi) is 5.68. The summed E-state index contributed by atoms with van der Waals surface area (Å²) in [5.74, 6) is 0.242. The molecular formula is C31H25N3O2. The van der Waals surface area contributed by atoms with E-state index in [4.69, 9.17) is 0 Å². The summed E-state index contributed by atoms with van der Waals surface area (Å²) in [5.41, 5.74) is 12.1. The van der Waals surface area contributed by atoms with Crippen LogP contribution in [0.3, 0.4) is 0 Å². The number of nitrogens with zero attached hydrogens (tertiary/aromatic N) is 2. The second kappa shape index (κ2) is 9.29. The Labute approximate surface area is 210 Å². The summed E-state index contributed by atoms with van der Waals surface area (Å²) in [4.78, 5) is 10.7. The van der Waals surface area contributed by atoms with E-state index in [9.17, 15) is 10.1 Å². The fourth-order valence-electron chi connectivity index (χ4n) is 5.19. The van der Waals surface area contributed by atoms with Crippen LogP contribution in [0.5, 0.6) is 0 Å². The van der Waals surface area contributed by atoms with Gasteiger partial charge in [-0.05, 0) is 52.5 Å². The van der Waals surface area contributed by atoms with Crippen LogP contribution in [0.15, 0.2) is 127 Å². The zero-order chi connectivity index (χ0) is 24.5. The Morgan fingerprint density at radius 1 is 0.778 bits per heavy atom. The molecule has 1 N–H and O–H groups in total. The lowest BCUT2D eigenvalue weighted by atomic mass is 9.94. The van der Waals surface area contributed by atoms with E-state index in [1.165, 1.54) is 28.0 Å². The van der Waals surface area contributed by atoms with Gasteiger partial charge in [0.1, 0.15) is 0 Å². The predicted octanol–water partition coefficient (Wildman–Crippen LogP) is 7.16. The van der Waals surface area contributed by atoms with Crippen LogP contribution in [0.4, 0.5) is 11.4 Å². The van der Waals surface area contributed by atoms with Crippen LogP contribution in [-0.2, 0) is 0 Å². The molecule has 5 heteroatoms. The van der Waals surface area contributed by atoms with Crippen molar-refractivity contribution in [2.45, 2.75) is 18.4 Å². The van der Waals surface area contributed by atoms with E-state index in [1.807, 2.05) is 36.4 Å². The van der Waals surface area contributed by atoms with Gasteiger partial charge in [0.2, 0.25) is 0 Å². The number of non-ortho nitro benzene ring substituents is 1. The van der Waals surface area contributed by atoms with Crippen LogP contribution < -0.4 is 10.4 Å². The summed E-state index contributed by atoms with van der Waals surface area (Å²) in [6.07, 6.45) is 5.47. The zero-order valence-corrected chi connectivity index (χ0v) is 19.6. The number of hydrogen-bond donors (Lipinski definition) is 1. The third kappa shape index (κ3) is 4.10. The molecule has 176 valence electrons. The Balaban J connectivity index is 1.36. The number of nitrogens with one attached hydrogen (secondary N) is 1. The lowest BCUT2D eigenvalue weighted by Gasteiger charge is -2.25. The third-order valence-electron chi connectivity index (χ3n) is 6.92. The summed E-state index contributed by atoms with van der Waals surface area (Å²) in [7, 11) is 0. The van der Waals surface area contributed by atoms with E-state index >= 15 is 0 Å². The van der Waals surface area contributed by atoms with Crippen molar-refractivity contribution in [3.63, 3.8) is 0 Å². The lowest BCUT2D eigenvalue weighted by molar-refractivity contribution is -0.384. The maximum atomic E-state index is 11.1. The third-order valence-corrected chi connectivity index (χ3v) is 6.92. The number of hydrazine groups is 1. The molecule has 0 amide bonds. The molecule has 1 aliphatic carbocycles. The van der Waals surface area contributed by atoms with Gasteiger partial charge in [0, 0.05) is 23.7 Å². The summed E-state index contributed by atoms with van der Waals surface area (Å²) >= 11 is 0. The Morgan fingerprint density at radius 3 is 2.17 bits per heavy atom. The van der Waals surface area contributed by atoms with Crippen LogP contribution in [0.25, 0.3) is 5.57 Å². The molecule has 0 fully saturated rings. The van der Waals surface area contributed by atoms with E-state index in [-0.39, 0.29) is 22.6 Å². The second-order valence-electron chi connectivity index (χ2n) is 9.13. The Morgan fingerprint density at radius 2 is 1.44 bits per heavy atom. The van der Waals surface area contributed by atoms with Crippen LogP contribution in [-0.4, -0.2) is 4.92 Å². The summed E-state index contributed by atoms with van der Waals surface area (Å²) in [6.45, 7) is 0. The zero-order valence-electron chi connectivity index (χ0n) is 19.6. The molecule has 0 saturated carbocycles. The SMILES string of the molecule is O=[N+]([O-])c1ccc(C2C=C(CC3C=C(c4ccccc4)c4ccccc43)N(c3ccccc3)N2)cc1. The first kappa shape index (κ1) is 22.0. The number of fused-ring (bicyclic) bond motifs is 1. The van der Waals surface area contributed by atoms with Crippen LogP contribution in [0.2, 0.25) is 0 Å². The van der Waals surface area contributed by atoms with Gasteiger partial charge in [-0.2, -0.15) is 0 Å². The number of hydrogen-bond acceptors (Lipinski definition) is 4. The molecule has 2 atom stereocenters. The standard InChI is InChI=1S/C31H25N3O2/c35-34(36)26-17-15-23(16-18-26)31-21-27(33(32-31)25-11-5-2-6-12-25)19-24-20-30(22-9-3-1-4-10-22)29-14-8-7-13-28(24)29/h1-18,20-21,24,31-32H,19H2. The fraction of sp³-hybridized carbons (Fsp3) is 0.0968. The minimum Gasteiger partial charge on any atom is -0.280 e. The highest BCUT2D eigenvalue weighted by Gasteiger charge is 2.30. The number of allylic oxidation sites excluding steroid dienone is 2. The Hall–Kier alpha value is -4.48. The van der Waals surface area contributed by atoms with E-state index < -0.39 is 0 Å². The molecule has 5 nitrogen and oxygen atoms in total. The fourth-order valence-corrected chi connectivity index (χ4v) is 5.19. The average molecular weight is 472 g/mol. The van der Waals surface area contributed by atoms with Crippen LogP contribution in [0, 0.1) is 10.1 Å². The molecule has 0 bridgehead atoms. The van der Waals surface area contributed by atoms with Gasteiger partial charge < -0.3 is 0 Å². The quantitative estimate of drug-likeness (QED) is 0.239. The predicted molar refractivity (Wildman–Crippen MR) is 143 cm³/mol. The molecule has 6 rings (SSSR count). The van der Waals surface area contributed by atoms with Gasteiger partial charge in [-0.1, -0.05) is 91.0 Å². The van der Waals surface area contributed by atoms with E-state index in [1.54, 1.807) is 12.1 Å². The number of anilines is 1. The average Bonchev–Trinajstić information content (AvgIpc) is 3.52. The van der Waals surface area contributed by atoms with E-state index in [2.05, 4.69) is 83.3 Å². The Bertz CT molecular complexity index is 1460. The maximum absolute atomic E-state index is 11.1. The number of rotatable bonds is 6. The highest BCUT2D eigenvalue weighted by atomic mass is 16.6. The van der Waals surface area contributed by atoms with Gasteiger partial charge in [0.25, 0.3) is 5.69 Å². The number of para-hydroxylation sites is 1. The first-order chi connectivity index (χ1) is 17.7. The van der Waals surface area contributed by atoms with Crippen molar-refractivity contribution >= 4 is 16.9 Å². The topological polar surface area (TPSA) is 58.4 Å². The minimum atomic E-state index is -0.363. The van der Waals surface area contributed by atoms with Crippen molar-refractivity contribution in [1.29, 1.82) is 0 Å². The summed E-state index contributed by atoms with van der Waals surface area (Å²) in [6, 6.07) is 36.2. The second-order valence-corrected chi connectivity index (χ2v) is 9.13. The van der Waals surface area contributed by atoms with Gasteiger partial charge >= 0.3 is 0 Å². The van der Waals surface area contributed by atoms with Crippen LogP contribution >= 0.6 is 0 Å². The smallest absolute Gasteiger partial charge is 0.269 e. The highest BCUT2D eigenvalue weighted by Crippen LogP contribution is 2.44. The van der Waals surface area contributed by atoms with Gasteiger partial charge in [0.15, 0.2) is 0 Å². The monoisotopic (exact) mass is 471 g/mol.